The van der Waals surface area contributed by atoms with Crippen LogP contribution in [0.1, 0.15) is 19.8 Å². The van der Waals surface area contributed by atoms with E-state index in [0.29, 0.717) is 6.42 Å². The summed E-state index contributed by atoms with van der Waals surface area (Å²) in [6, 6.07) is 0. The third kappa shape index (κ3) is 1.26. The van der Waals surface area contributed by atoms with Crippen molar-refractivity contribution in [3.05, 3.63) is 23.9 Å². The molecule has 1 aliphatic heterocycles. The predicted octanol–water partition coefficient (Wildman–Crippen LogP) is 1.36. The molecular weight excluding hydrogens is 126 g/mol. The molecule has 54 valence electrons. The second-order valence-electron chi connectivity index (χ2n) is 2.45. The van der Waals surface area contributed by atoms with Crippen LogP contribution in [0.4, 0.5) is 0 Å². The van der Waals surface area contributed by atoms with Crippen molar-refractivity contribution < 1.29 is 4.79 Å². The van der Waals surface area contributed by atoms with Crippen LogP contribution in [-0.2, 0) is 4.79 Å². The van der Waals surface area contributed by atoms with Crippen molar-refractivity contribution >= 4 is 5.91 Å². The maximum atomic E-state index is 10.8. The van der Waals surface area contributed by atoms with Gasteiger partial charge in [0.05, 0.1) is 0 Å². The summed E-state index contributed by atoms with van der Waals surface area (Å²) in [6.07, 6.45) is 3.17. The van der Waals surface area contributed by atoms with Gasteiger partial charge in [0.2, 0.25) is 5.91 Å². The first-order valence-corrected chi connectivity index (χ1v) is 3.36. The van der Waals surface area contributed by atoms with Crippen molar-refractivity contribution in [2.45, 2.75) is 19.8 Å². The first kappa shape index (κ1) is 7.06. The molecule has 2 heteroatoms. The summed E-state index contributed by atoms with van der Waals surface area (Å²) in [5.41, 5.74) is 2.10. The molecule has 0 radical (unpaired) electrons. The maximum Gasteiger partial charge on any atom is 0.224 e. The van der Waals surface area contributed by atoms with Crippen LogP contribution in [-0.4, -0.2) is 5.91 Å². The molecule has 2 nitrogen and oxygen atoms in total. The van der Waals surface area contributed by atoms with Gasteiger partial charge < -0.3 is 5.32 Å². The summed E-state index contributed by atoms with van der Waals surface area (Å²) in [4.78, 5) is 10.8. The van der Waals surface area contributed by atoms with Gasteiger partial charge in [-0.3, -0.25) is 4.79 Å². The van der Waals surface area contributed by atoms with Crippen molar-refractivity contribution in [2.24, 2.45) is 0 Å². The molecule has 1 rings (SSSR count). The fourth-order valence-corrected chi connectivity index (χ4v) is 0.980. The van der Waals surface area contributed by atoms with Crippen LogP contribution in [0, 0.1) is 0 Å². The van der Waals surface area contributed by atoms with Crippen LogP contribution >= 0.6 is 0 Å². The molecule has 0 atom stereocenters. The zero-order valence-electron chi connectivity index (χ0n) is 6.11. The molecule has 0 saturated carbocycles. The first-order valence-electron chi connectivity index (χ1n) is 3.36. The zero-order chi connectivity index (χ0) is 7.56. The second kappa shape index (κ2) is 2.69. The lowest BCUT2D eigenvalue weighted by atomic mass is 10.1. The fraction of sp³-hybridized carbons (Fsp3) is 0.375. The van der Waals surface area contributed by atoms with E-state index in [0.717, 1.165) is 12.1 Å². The minimum Gasteiger partial charge on any atom is -0.326 e. The van der Waals surface area contributed by atoms with Crippen molar-refractivity contribution in [3.8, 4) is 0 Å². The first-order chi connectivity index (χ1) is 4.74. The van der Waals surface area contributed by atoms with Crippen LogP contribution in [0.5, 0.6) is 0 Å². The lowest BCUT2D eigenvalue weighted by molar-refractivity contribution is -0.120. The Hall–Kier alpha value is -1.05. The van der Waals surface area contributed by atoms with Gasteiger partial charge in [-0.2, -0.15) is 0 Å². The number of amides is 1. The van der Waals surface area contributed by atoms with Gasteiger partial charge in [0.1, 0.15) is 0 Å². The Morgan fingerprint density at radius 3 is 2.80 bits per heavy atom. The minimum absolute atomic E-state index is 0.0977. The number of allylic oxidation sites excluding steroid dienone is 2. The molecule has 0 fully saturated rings. The van der Waals surface area contributed by atoms with Gasteiger partial charge in [-0.25, -0.2) is 0 Å². The summed E-state index contributed by atoms with van der Waals surface area (Å²) < 4.78 is 0. The number of nitrogens with one attached hydrogen (secondary N) is 1. The normalized spacial score (nSPS) is 18.7. The van der Waals surface area contributed by atoms with Crippen LogP contribution < -0.4 is 5.32 Å². The van der Waals surface area contributed by atoms with Gasteiger partial charge in [-0.15, -0.1) is 0 Å². The molecule has 0 unspecified atom stereocenters. The van der Waals surface area contributed by atoms with Crippen molar-refractivity contribution in [2.75, 3.05) is 0 Å². The molecule has 1 heterocycles. The average Bonchev–Trinajstić information content (AvgIpc) is 1.94. The molecule has 1 aliphatic rings. The van der Waals surface area contributed by atoms with Crippen molar-refractivity contribution in [1.82, 2.24) is 5.32 Å². The number of hydrogen-bond acceptors (Lipinski definition) is 1. The molecule has 0 bridgehead atoms. The third-order valence-electron chi connectivity index (χ3n) is 1.67. The zero-order valence-corrected chi connectivity index (χ0v) is 6.11. The third-order valence-corrected chi connectivity index (χ3v) is 1.67. The summed E-state index contributed by atoms with van der Waals surface area (Å²) in [5.74, 6) is 0.0977. The maximum absolute atomic E-state index is 10.8. The van der Waals surface area contributed by atoms with E-state index in [1.165, 1.54) is 5.57 Å². The summed E-state index contributed by atoms with van der Waals surface area (Å²) in [5, 5.41) is 2.74. The van der Waals surface area contributed by atoms with Gasteiger partial charge in [-0.05, 0) is 25.0 Å². The van der Waals surface area contributed by atoms with Gasteiger partial charge in [-0.1, -0.05) is 6.58 Å². The van der Waals surface area contributed by atoms with Crippen molar-refractivity contribution in [1.29, 1.82) is 0 Å². The minimum atomic E-state index is 0.0977. The number of carbonyl (C=O) groups excluding carboxylic acids is 1. The van der Waals surface area contributed by atoms with Crippen LogP contribution in [0.3, 0.4) is 0 Å². The van der Waals surface area contributed by atoms with Crippen LogP contribution in [0.15, 0.2) is 23.9 Å². The number of hydrogen-bond donors (Lipinski definition) is 1. The Kier molecular flexibility index (Phi) is 1.90. The van der Waals surface area contributed by atoms with Gasteiger partial charge in [0.15, 0.2) is 0 Å². The lowest BCUT2D eigenvalue weighted by Gasteiger charge is -2.15. The van der Waals surface area contributed by atoms with E-state index in [9.17, 15) is 4.79 Å². The Labute approximate surface area is 60.6 Å². The van der Waals surface area contributed by atoms with E-state index < -0.39 is 0 Å². The highest BCUT2D eigenvalue weighted by molar-refractivity contribution is 5.80. The van der Waals surface area contributed by atoms with Gasteiger partial charge in [0, 0.05) is 12.1 Å². The summed E-state index contributed by atoms with van der Waals surface area (Å²) in [6.45, 7) is 5.61. The van der Waals surface area contributed by atoms with E-state index in [1.54, 1.807) is 6.08 Å². The van der Waals surface area contributed by atoms with E-state index in [1.807, 2.05) is 6.92 Å². The lowest BCUT2D eigenvalue weighted by Crippen LogP contribution is -2.26. The van der Waals surface area contributed by atoms with Crippen LogP contribution in [0.25, 0.3) is 0 Å². The fourth-order valence-electron chi connectivity index (χ4n) is 0.980. The van der Waals surface area contributed by atoms with Crippen LogP contribution in [0.2, 0.25) is 0 Å². The Morgan fingerprint density at radius 1 is 1.60 bits per heavy atom. The van der Waals surface area contributed by atoms with Gasteiger partial charge in [0.25, 0.3) is 0 Å². The number of carbonyl (C=O) groups is 1. The van der Waals surface area contributed by atoms with E-state index in [-0.39, 0.29) is 5.91 Å². The Bertz CT molecular complexity index is 203. The predicted molar refractivity (Wildman–Crippen MR) is 40.3 cm³/mol. The van der Waals surface area contributed by atoms with E-state index in [4.69, 9.17) is 0 Å². The highest BCUT2D eigenvalue weighted by Gasteiger charge is 2.11. The molecule has 0 spiro atoms. The molecule has 0 aromatic rings. The van der Waals surface area contributed by atoms with Crippen molar-refractivity contribution in [3.63, 3.8) is 0 Å². The molecule has 10 heavy (non-hydrogen) atoms. The standard InChI is InChI=1S/C8H11NO/c1-3-7-6(2)4-5-8(10)9-7/h3H,1,4-5H2,2H3,(H,9,10). The Balaban J connectivity index is 2.81. The smallest absolute Gasteiger partial charge is 0.224 e. The molecular formula is C8H11NO. The molecule has 0 aromatic carbocycles. The second-order valence-corrected chi connectivity index (χ2v) is 2.45. The molecule has 0 saturated heterocycles. The van der Waals surface area contributed by atoms with E-state index in [2.05, 4.69) is 11.9 Å². The highest BCUT2D eigenvalue weighted by Crippen LogP contribution is 2.14. The molecule has 0 aromatic heterocycles. The average molecular weight is 137 g/mol. The van der Waals surface area contributed by atoms with E-state index >= 15 is 0 Å². The molecule has 1 amide bonds. The topological polar surface area (TPSA) is 29.1 Å². The summed E-state index contributed by atoms with van der Waals surface area (Å²) in [7, 11) is 0. The SMILES string of the molecule is C=CC1=C(C)CCC(=O)N1. The quantitative estimate of drug-likeness (QED) is 0.580. The molecule has 0 aliphatic carbocycles. The monoisotopic (exact) mass is 137 g/mol. The summed E-state index contributed by atoms with van der Waals surface area (Å²) >= 11 is 0. The Morgan fingerprint density at radius 2 is 2.30 bits per heavy atom. The van der Waals surface area contributed by atoms with Gasteiger partial charge >= 0.3 is 0 Å². The number of rotatable bonds is 1. The largest absolute Gasteiger partial charge is 0.326 e. The molecule has 1 N–H and O–H groups in total. The highest BCUT2D eigenvalue weighted by atomic mass is 16.1.